The first-order chi connectivity index (χ1) is 10.5. The molecule has 0 aliphatic rings. The van der Waals surface area contributed by atoms with Crippen molar-refractivity contribution in [3.63, 3.8) is 0 Å². The summed E-state index contributed by atoms with van der Waals surface area (Å²) in [5.41, 5.74) is 8.10. The predicted molar refractivity (Wildman–Crippen MR) is 87.0 cm³/mol. The number of hydrogen-bond donors (Lipinski definition) is 2. The molecule has 0 unspecified atom stereocenters. The first kappa shape index (κ1) is 16.2. The van der Waals surface area contributed by atoms with Gasteiger partial charge in [-0.2, -0.15) is 5.10 Å². The number of amides is 1. The highest BCUT2D eigenvalue weighted by molar-refractivity contribution is 5.81. The van der Waals surface area contributed by atoms with Gasteiger partial charge in [-0.15, -0.1) is 0 Å². The Balaban J connectivity index is 1.82. The molecule has 118 valence electrons. The Kier molecular flexibility index (Phi) is 5.72. The number of carbonyl (C=O) groups is 1. The monoisotopic (exact) mass is 300 g/mol. The van der Waals surface area contributed by atoms with Crippen molar-refractivity contribution < 1.29 is 4.79 Å². The molecule has 22 heavy (non-hydrogen) atoms. The van der Waals surface area contributed by atoms with Crippen LogP contribution >= 0.6 is 0 Å². The van der Waals surface area contributed by atoms with E-state index in [9.17, 15) is 4.79 Å². The third-order valence-corrected chi connectivity index (χ3v) is 3.46. The van der Waals surface area contributed by atoms with E-state index in [0.29, 0.717) is 18.9 Å². The van der Waals surface area contributed by atoms with Crippen molar-refractivity contribution in [1.82, 2.24) is 15.1 Å². The van der Waals surface area contributed by atoms with Crippen LogP contribution in [0.5, 0.6) is 0 Å². The second kappa shape index (κ2) is 7.75. The van der Waals surface area contributed by atoms with Gasteiger partial charge in [0.05, 0.1) is 12.6 Å². The van der Waals surface area contributed by atoms with Gasteiger partial charge in [0.2, 0.25) is 5.91 Å². The van der Waals surface area contributed by atoms with E-state index in [1.807, 2.05) is 29.1 Å². The first-order valence-electron chi connectivity index (χ1n) is 7.63. The number of hydrogen-bond acceptors (Lipinski definition) is 3. The molecule has 0 aliphatic carbocycles. The molecule has 2 aromatic rings. The molecule has 1 atom stereocenters. The lowest BCUT2D eigenvalue weighted by Gasteiger charge is -2.14. The molecule has 1 aromatic heterocycles. The molecule has 2 rings (SSSR count). The molecule has 1 aromatic carbocycles. The third-order valence-electron chi connectivity index (χ3n) is 3.46. The maximum absolute atomic E-state index is 11.9. The molecule has 1 heterocycles. The number of nitrogens with one attached hydrogen (secondary N) is 1. The zero-order valence-electron chi connectivity index (χ0n) is 13.2. The molecule has 3 N–H and O–H groups in total. The van der Waals surface area contributed by atoms with Crippen molar-refractivity contribution in [2.45, 2.75) is 39.4 Å². The summed E-state index contributed by atoms with van der Waals surface area (Å²) in [5.74, 6) is 0.330. The number of nitrogens with zero attached hydrogens (tertiary/aromatic N) is 2. The molecular formula is C17H24N4O. The Morgan fingerprint density at radius 2 is 1.95 bits per heavy atom. The van der Waals surface area contributed by atoms with Gasteiger partial charge in [-0.1, -0.05) is 38.1 Å². The summed E-state index contributed by atoms with van der Waals surface area (Å²) >= 11 is 0. The highest BCUT2D eigenvalue weighted by atomic mass is 16.2. The lowest BCUT2D eigenvalue weighted by Crippen LogP contribution is -2.41. The van der Waals surface area contributed by atoms with Gasteiger partial charge in [-0.3, -0.25) is 9.48 Å². The third kappa shape index (κ3) is 5.00. The summed E-state index contributed by atoms with van der Waals surface area (Å²) in [6, 6.07) is 9.62. The Morgan fingerprint density at radius 1 is 1.27 bits per heavy atom. The zero-order chi connectivity index (χ0) is 15.9. The number of aromatic nitrogens is 2. The average Bonchev–Trinajstić information content (AvgIpc) is 2.98. The largest absolute Gasteiger partial charge is 0.351 e. The Labute approximate surface area is 131 Å². The summed E-state index contributed by atoms with van der Waals surface area (Å²) < 4.78 is 1.88. The lowest BCUT2D eigenvalue weighted by molar-refractivity contribution is -0.122. The molecule has 0 saturated carbocycles. The Hall–Kier alpha value is -2.14. The number of rotatable bonds is 7. The van der Waals surface area contributed by atoms with Crippen LogP contribution in [0.3, 0.4) is 0 Å². The first-order valence-corrected chi connectivity index (χ1v) is 7.63. The smallest absolute Gasteiger partial charge is 0.237 e. The summed E-state index contributed by atoms with van der Waals surface area (Å²) in [4.78, 5) is 11.9. The van der Waals surface area contributed by atoms with E-state index in [4.69, 9.17) is 5.73 Å². The Morgan fingerprint density at radius 3 is 2.55 bits per heavy atom. The van der Waals surface area contributed by atoms with Gasteiger partial charge in [0, 0.05) is 18.9 Å². The van der Waals surface area contributed by atoms with E-state index in [0.717, 1.165) is 12.1 Å². The maximum Gasteiger partial charge on any atom is 0.237 e. The van der Waals surface area contributed by atoms with E-state index in [1.165, 1.54) is 5.56 Å². The number of carbonyl (C=O) groups excluding carboxylic acids is 1. The van der Waals surface area contributed by atoms with Crippen LogP contribution < -0.4 is 11.1 Å². The van der Waals surface area contributed by atoms with Crippen LogP contribution in [0.4, 0.5) is 0 Å². The fourth-order valence-electron chi connectivity index (χ4n) is 2.28. The van der Waals surface area contributed by atoms with Gasteiger partial charge < -0.3 is 11.1 Å². The molecule has 1 amide bonds. The molecule has 5 nitrogen and oxygen atoms in total. The van der Waals surface area contributed by atoms with Crippen molar-refractivity contribution in [3.8, 4) is 0 Å². The topological polar surface area (TPSA) is 72.9 Å². The average molecular weight is 300 g/mol. The molecule has 0 aliphatic heterocycles. The maximum atomic E-state index is 11.9. The standard InChI is InChI=1S/C17H24N4O/c1-13(2)10-16(18)17(22)19-11-14-4-6-15(7-5-14)12-21-9-3-8-20-21/h3-9,13,16H,10-12,18H2,1-2H3,(H,19,22)/t16-/m0/s1. The van der Waals surface area contributed by atoms with E-state index in [1.54, 1.807) is 6.20 Å². The second-order valence-corrected chi connectivity index (χ2v) is 5.97. The summed E-state index contributed by atoms with van der Waals surface area (Å²) in [5, 5.41) is 7.07. The molecule has 0 spiro atoms. The van der Waals surface area contributed by atoms with Gasteiger partial charge in [0.1, 0.15) is 0 Å². The molecule has 0 saturated heterocycles. The van der Waals surface area contributed by atoms with Crippen LogP contribution in [0, 0.1) is 5.92 Å². The van der Waals surface area contributed by atoms with E-state index >= 15 is 0 Å². The lowest BCUT2D eigenvalue weighted by atomic mass is 10.0. The molecule has 0 radical (unpaired) electrons. The quantitative estimate of drug-likeness (QED) is 0.820. The summed E-state index contributed by atoms with van der Waals surface area (Å²) in [6.45, 7) is 5.38. The zero-order valence-corrected chi connectivity index (χ0v) is 13.2. The van der Waals surface area contributed by atoms with Crippen LogP contribution in [0.1, 0.15) is 31.4 Å². The van der Waals surface area contributed by atoms with Crippen molar-refractivity contribution in [3.05, 3.63) is 53.9 Å². The van der Waals surface area contributed by atoms with Crippen molar-refractivity contribution in [2.24, 2.45) is 11.7 Å². The Bertz CT molecular complexity index is 575. The van der Waals surface area contributed by atoms with Crippen molar-refractivity contribution in [1.29, 1.82) is 0 Å². The molecule has 0 fully saturated rings. The molecule has 5 heteroatoms. The molecular weight excluding hydrogens is 276 g/mol. The van der Waals surface area contributed by atoms with E-state index < -0.39 is 6.04 Å². The summed E-state index contributed by atoms with van der Waals surface area (Å²) in [7, 11) is 0. The van der Waals surface area contributed by atoms with Crippen LogP contribution in [-0.2, 0) is 17.9 Å². The van der Waals surface area contributed by atoms with Gasteiger partial charge in [0.25, 0.3) is 0 Å². The van der Waals surface area contributed by atoms with Gasteiger partial charge in [-0.25, -0.2) is 0 Å². The highest BCUT2D eigenvalue weighted by Crippen LogP contribution is 2.07. The predicted octanol–water partition coefficient (Wildman–Crippen LogP) is 1.92. The van der Waals surface area contributed by atoms with Crippen molar-refractivity contribution >= 4 is 5.91 Å². The number of benzene rings is 1. The van der Waals surface area contributed by atoms with Gasteiger partial charge in [0.15, 0.2) is 0 Å². The minimum atomic E-state index is -0.431. The van der Waals surface area contributed by atoms with E-state index in [-0.39, 0.29) is 5.91 Å². The van der Waals surface area contributed by atoms with Crippen LogP contribution in [0.15, 0.2) is 42.7 Å². The fourth-order valence-corrected chi connectivity index (χ4v) is 2.28. The van der Waals surface area contributed by atoms with E-state index in [2.05, 4.69) is 36.4 Å². The number of nitrogens with two attached hydrogens (primary N) is 1. The molecule has 0 bridgehead atoms. The normalized spacial score (nSPS) is 12.4. The second-order valence-electron chi connectivity index (χ2n) is 5.97. The fraction of sp³-hybridized carbons (Fsp3) is 0.412. The van der Waals surface area contributed by atoms with Crippen LogP contribution in [0.2, 0.25) is 0 Å². The summed E-state index contributed by atoms with van der Waals surface area (Å²) in [6.07, 6.45) is 4.41. The van der Waals surface area contributed by atoms with Gasteiger partial charge >= 0.3 is 0 Å². The minimum absolute atomic E-state index is 0.0886. The van der Waals surface area contributed by atoms with Crippen molar-refractivity contribution in [2.75, 3.05) is 0 Å². The highest BCUT2D eigenvalue weighted by Gasteiger charge is 2.14. The van der Waals surface area contributed by atoms with Gasteiger partial charge in [-0.05, 0) is 29.5 Å². The van der Waals surface area contributed by atoms with Crippen LogP contribution in [-0.4, -0.2) is 21.7 Å². The minimum Gasteiger partial charge on any atom is -0.351 e. The SMILES string of the molecule is CC(C)C[C@H](N)C(=O)NCc1ccc(Cn2cccn2)cc1. The van der Waals surface area contributed by atoms with Crippen LogP contribution in [0.25, 0.3) is 0 Å².